The molecule has 3 aromatic carbocycles. The van der Waals surface area contributed by atoms with Gasteiger partial charge in [0, 0.05) is 11.0 Å². The maximum atomic E-state index is 15.1. The number of aliphatic carboxylic acids is 1. The average Bonchev–Trinajstić information content (AvgIpc) is 3.39. The van der Waals surface area contributed by atoms with E-state index >= 15 is 4.39 Å². The summed E-state index contributed by atoms with van der Waals surface area (Å²) < 4.78 is 26.7. The number of hydrogen-bond acceptors (Lipinski definition) is 3. The maximum absolute atomic E-state index is 15.1. The van der Waals surface area contributed by atoms with E-state index in [4.69, 9.17) is 9.47 Å². The zero-order chi connectivity index (χ0) is 26.7. The number of fused-ring (bicyclic) bond motifs is 2. The van der Waals surface area contributed by atoms with Gasteiger partial charge in [0.1, 0.15) is 23.9 Å². The van der Waals surface area contributed by atoms with Crippen molar-refractivity contribution in [1.29, 1.82) is 0 Å². The standard InChI is InChI=1S/C33H35FO4/c1-32(2)13-4-5-27(32)25-15-20(6-10-24(25)26-16-22(37-3)9-11-30(26)34)19-38-23-8-7-21-12-14-33(28(21)17-23)18-29(33)31(35)36/h6-11,15-17,27,29H,4-5,12-14,18-19H2,1-3H3,(H,35,36)/t27-,29-,33-/m1/s1. The van der Waals surface area contributed by atoms with Gasteiger partial charge in [-0.2, -0.15) is 0 Å². The quantitative estimate of drug-likeness (QED) is 0.352. The van der Waals surface area contributed by atoms with E-state index in [9.17, 15) is 9.90 Å². The molecule has 38 heavy (non-hydrogen) atoms. The second-order valence-electron chi connectivity index (χ2n) is 12.1. The van der Waals surface area contributed by atoms with E-state index < -0.39 is 5.97 Å². The molecule has 0 radical (unpaired) electrons. The summed E-state index contributed by atoms with van der Waals surface area (Å²) in [6.45, 7) is 5.01. The number of hydrogen-bond donors (Lipinski definition) is 1. The molecule has 0 heterocycles. The first-order valence-corrected chi connectivity index (χ1v) is 13.7. The third kappa shape index (κ3) is 4.16. The summed E-state index contributed by atoms with van der Waals surface area (Å²) in [7, 11) is 1.60. The summed E-state index contributed by atoms with van der Waals surface area (Å²) in [5.74, 6) is 0.511. The molecule has 2 fully saturated rings. The second kappa shape index (κ2) is 9.14. The van der Waals surface area contributed by atoms with E-state index in [-0.39, 0.29) is 22.6 Å². The lowest BCUT2D eigenvalue weighted by Gasteiger charge is -2.30. The van der Waals surface area contributed by atoms with E-state index in [1.165, 1.54) is 11.6 Å². The van der Waals surface area contributed by atoms with Gasteiger partial charge in [-0.15, -0.1) is 0 Å². The number of carbonyl (C=O) groups is 1. The molecular formula is C33H35FO4. The van der Waals surface area contributed by atoms with E-state index in [0.29, 0.717) is 23.8 Å². The van der Waals surface area contributed by atoms with Crippen LogP contribution in [0.1, 0.15) is 74.1 Å². The summed E-state index contributed by atoms with van der Waals surface area (Å²) in [6.07, 6.45) is 5.95. The Morgan fingerprint density at radius 2 is 1.84 bits per heavy atom. The number of ether oxygens (including phenoxy) is 2. The third-order valence-electron chi connectivity index (χ3n) is 9.45. The number of methoxy groups -OCH3 is 1. The van der Waals surface area contributed by atoms with E-state index in [1.807, 2.05) is 18.2 Å². The van der Waals surface area contributed by atoms with Crippen molar-refractivity contribution in [3.05, 3.63) is 82.7 Å². The Hall–Kier alpha value is -3.34. The van der Waals surface area contributed by atoms with Crippen LogP contribution in [0.15, 0.2) is 54.6 Å². The molecule has 5 heteroatoms. The zero-order valence-electron chi connectivity index (χ0n) is 22.4. The first kappa shape index (κ1) is 25.0. The van der Waals surface area contributed by atoms with Crippen molar-refractivity contribution in [1.82, 2.24) is 0 Å². The van der Waals surface area contributed by atoms with Crippen molar-refractivity contribution in [3.63, 3.8) is 0 Å². The summed E-state index contributed by atoms with van der Waals surface area (Å²) in [5.41, 5.74) is 6.01. The predicted octanol–water partition coefficient (Wildman–Crippen LogP) is 7.66. The lowest BCUT2D eigenvalue weighted by molar-refractivity contribution is -0.139. The van der Waals surface area contributed by atoms with Crippen LogP contribution in [-0.2, 0) is 23.2 Å². The van der Waals surface area contributed by atoms with Crippen LogP contribution in [0.3, 0.4) is 0 Å². The third-order valence-corrected chi connectivity index (χ3v) is 9.45. The number of aryl methyl sites for hydroxylation is 1. The summed E-state index contributed by atoms with van der Waals surface area (Å²) in [6, 6.07) is 17.3. The largest absolute Gasteiger partial charge is 0.497 e. The molecule has 0 amide bonds. The van der Waals surface area contributed by atoms with Crippen molar-refractivity contribution < 1.29 is 23.8 Å². The summed E-state index contributed by atoms with van der Waals surface area (Å²) in [4.78, 5) is 11.6. The molecule has 0 bridgehead atoms. The summed E-state index contributed by atoms with van der Waals surface area (Å²) >= 11 is 0. The molecule has 0 aliphatic heterocycles. The fourth-order valence-corrected chi connectivity index (χ4v) is 7.17. The zero-order valence-corrected chi connectivity index (χ0v) is 22.4. The Balaban J connectivity index is 1.30. The highest BCUT2D eigenvalue weighted by Gasteiger charge is 2.61. The average molecular weight is 515 g/mol. The van der Waals surface area contributed by atoms with Gasteiger partial charge < -0.3 is 14.6 Å². The number of rotatable bonds is 7. The van der Waals surface area contributed by atoms with Gasteiger partial charge in [-0.05, 0) is 102 Å². The highest BCUT2D eigenvalue weighted by Crippen LogP contribution is 2.62. The van der Waals surface area contributed by atoms with Gasteiger partial charge in [0.05, 0.1) is 13.0 Å². The first-order chi connectivity index (χ1) is 18.2. The number of carboxylic acid groups (broad SMARTS) is 1. The van der Waals surface area contributed by atoms with E-state index in [1.54, 1.807) is 19.2 Å². The molecule has 2 saturated carbocycles. The normalized spacial score (nSPS) is 24.8. The van der Waals surface area contributed by atoms with E-state index in [0.717, 1.165) is 66.5 Å². The highest BCUT2D eigenvalue weighted by atomic mass is 19.1. The molecule has 1 N–H and O–H groups in total. The smallest absolute Gasteiger partial charge is 0.307 e. The Kier molecular flexibility index (Phi) is 6.01. The molecule has 0 saturated heterocycles. The molecule has 3 aliphatic carbocycles. The molecule has 0 unspecified atom stereocenters. The molecule has 1 spiro atoms. The molecule has 3 atom stereocenters. The predicted molar refractivity (Wildman–Crippen MR) is 145 cm³/mol. The van der Waals surface area contributed by atoms with Gasteiger partial charge in [0.2, 0.25) is 0 Å². The van der Waals surface area contributed by atoms with Crippen molar-refractivity contribution in [2.24, 2.45) is 11.3 Å². The maximum Gasteiger partial charge on any atom is 0.307 e. The van der Waals surface area contributed by atoms with Gasteiger partial charge >= 0.3 is 5.97 Å². The van der Waals surface area contributed by atoms with Crippen molar-refractivity contribution in [2.75, 3.05) is 7.11 Å². The minimum absolute atomic E-state index is 0.128. The van der Waals surface area contributed by atoms with Crippen LogP contribution in [0, 0.1) is 17.2 Å². The van der Waals surface area contributed by atoms with Gasteiger partial charge in [-0.25, -0.2) is 4.39 Å². The number of benzene rings is 3. The van der Waals surface area contributed by atoms with Crippen molar-refractivity contribution in [2.45, 2.75) is 70.3 Å². The number of halogens is 1. The van der Waals surface area contributed by atoms with Gasteiger partial charge in [-0.1, -0.05) is 44.5 Å². The second-order valence-corrected chi connectivity index (χ2v) is 12.1. The highest BCUT2D eigenvalue weighted by molar-refractivity contribution is 5.78. The van der Waals surface area contributed by atoms with Crippen LogP contribution < -0.4 is 9.47 Å². The molecule has 0 aromatic heterocycles. The topological polar surface area (TPSA) is 55.8 Å². The fourth-order valence-electron chi connectivity index (χ4n) is 7.17. The SMILES string of the molecule is COc1ccc(F)c(-c2ccc(COc3ccc4c(c3)[C@@]3(CC4)C[C@@H]3C(=O)O)cc2[C@H]2CCCC2(C)C)c1. The minimum atomic E-state index is -0.695. The van der Waals surface area contributed by atoms with Crippen molar-refractivity contribution >= 4 is 5.97 Å². The number of carboxylic acids is 1. The van der Waals surface area contributed by atoms with Crippen LogP contribution in [0.5, 0.6) is 11.5 Å². The molecule has 4 nitrogen and oxygen atoms in total. The molecule has 3 aromatic rings. The minimum Gasteiger partial charge on any atom is -0.497 e. The molecule has 3 aliphatic rings. The fraction of sp³-hybridized carbons (Fsp3) is 0.424. The van der Waals surface area contributed by atoms with Crippen LogP contribution in [0.2, 0.25) is 0 Å². The summed E-state index contributed by atoms with van der Waals surface area (Å²) in [5, 5.41) is 9.57. The van der Waals surface area contributed by atoms with Gasteiger partial charge in [0.25, 0.3) is 0 Å². The Morgan fingerprint density at radius 1 is 1.03 bits per heavy atom. The first-order valence-electron chi connectivity index (χ1n) is 13.7. The Morgan fingerprint density at radius 3 is 2.55 bits per heavy atom. The van der Waals surface area contributed by atoms with Crippen molar-refractivity contribution in [3.8, 4) is 22.6 Å². The molecular weight excluding hydrogens is 479 g/mol. The lowest BCUT2D eigenvalue weighted by Crippen LogP contribution is -2.17. The molecule has 198 valence electrons. The van der Waals surface area contributed by atoms with Crippen LogP contribution in [0.25, 0.3) is 11.1 Å². The lowest BCUT2D eigenvalue weighted by atomic mass is 9.75. The van der Waals surface area contributed by atoms with E-state index in [2.05, 4.69) is 32.0 Å². The Labute approximate surface area is 223 Å². The van der Waals surface area contributed by atoms with Gasteiger partial charge in [0.15, 0.2) is 0 Å². The molecule has 6 rings (SSSR count). The van der Waals surface area contributed by atoms with Crippen LogP contribution >= 0.6 is 0 Å². The Bertz CT molecular complexity index is 1410. The monoisotopic (exact) mass is 514 g/mol. The van der Waals surface area contributed by atoms with Crippen LogP contribution in [-0.4, -0.2) is 18.2 Å². The van der Waals surface area contributed by atoms with Crippen LogP contribution in [0.4, 0.5) is 4.39 Å². The van der Waals surface area contributed by atoms with Gasteiger partial charge in [-0.3, -0.25) is 4.79 Å².